The van der Waals surface area contributed by atoms with Gasteiger partial charge in [-0.3, -0.25) is 0 Å². The summed E-state index contributed by atoms with van der Waals surface area (Å²) >= 11 is 0. The van der Waals surface area contributed by atoms with Gasteiger partial charge < -0.3 is 9.47 Å². The van der Waals surface area contributed by atoms with Gasteiger partial charge in [0.15, 0.2) is 0 Å². The molecule has 0 atom stereocenters. The molecule has 1 aliphatic carbocycles. The zero-order valence-electron chi connectivity index (χ0n) is 37.5. The monoisotopic (exact) mass is 854 g/mol. The maximum atomic E-state index is 2.46. The number of rotatable bonds is 7. The fourth-order valence-electron chi connectivity index (χ4n) is 11.0. The molecule has 0 saturated heterocycles. The van der Waals surface area contributed by atoms with Crippen LogP contribution in [0.5, 0.6) is 0 Å². The van der Waals surface area contributed by atoms with E-state index in [1.807, 2.05) is 0 Å². The summed E-state index contributed by atoms with van der Waals surface area (Å²) in [6.07, 6.45) is 0. The predicted octanol–water partition coefficient (Wildman–Crippen LogP) is 17.9. The number of aromatic nitrogens is 1. The fraction of sp³-hybridized carbons (Fsp3) is 0.0462. The molecule has 0 aliphatic heterocycles. The summed E-state index contributed by atoms with van der Waals surface area (Å²) in [5, 5.41) is 7.50. The minimum atomic E-state index is -0.123. The first-order chi connectivity index (χ1) is 33.0. The van der Waals surface area contributed by atoms with E-state index in [-0.39, 0.29) is 5.41 Å². The zero-order valence-corrected chi connectivity index (χ0v) is 37.5. The van der Waals surface area contributed by atoms with Crippen molar-refractivity contribution in [3.05, 3.63) is 254 Å². The summed E-state index contributed by atoms with van der Waals surface area (Å²) in [5.74, 6) is 0. The molecule has 0 fully saturated rings. The Morgan fingerprint density at radius 1 is 0.313 bits per heavy atom. The number of para-hydroxylation sites is 2. The van der Waals surface area contributed by atoms with E-state index in [0.29, 0.717) is 0 Å². The molecule has 67 heavy (non-hydrogen) atoms. The van der Waals surface area contributed by atoms with Crippen LogP contribution in [0.25, 0.3) is 93.5 Å². The molecule has 1 heterocycles. The van der Waals surface area contributed by atoms with Crippen molar-refractivity contribution in [1.82, 2.24) is 4.57 Å². The SMILES string of the molecule is CC1(C)c2ccccc2-c2ccc(N(c3ccc(-c4ccccc4-n4c5ccccc5c5ccc(-c6ccc7ccccc7c6)cc54)cc3)c3ccc(-c4cccc5ccccc45)cc3)cc21. The van der Waals surface area contributed by atoms with E-state index in [1.165, 1.54) is 93.4 Å². The largest absolute Gasteiger partial charge is 0.310 e. The smallest absolute Gasteiger partial charge is 0.0547 e. The Morgan fingerprint density at radius 3 is 1.66 bits per heavy atom. The minimum Gasteiger partial charge on any atom is -0.310 e. The lowest BCUT2D eigenvalue weighted by molar-refractivity contribution is 0.660. The molecule has 12 aromatic rings. The van der Waals surface area contributed by atoms with E-state index in [1.54, 1.807) is 0 Å². The average Bonchev–Trinajstić information content (AvgIpc) is 3.84. The average molecular weight is 855 g/mol. The van der Waals surface area contributed by atoms with Crippen molar-refractivity contribution in [2.45, 2.75) is 19.3 Å². The second kappa shape index (κ2) is 15.3. The van der Waals surface area contributed by atoms with Gasteiger partial charge in [0.1, 0.15) is 0 Å². The maximum absolute atomic E-state index is 2.46. The van der Waals surface area contributed by atoms with Crippen LogP contribution >= 0.6 is 0 Å². The number of benzene rings is 11. The van der Waals surface area contributed by atoms with Crippen molar-refractivity contribution in [3.8, 4) is 50.2 Å². The first kappa shape index (κ1) is 39.0. The van der Waals surface area contributed by atoms with Gasteiger partial charge in [0.25, 0.3) is 0 Å². The third-order valence-electron chi connectivity index (χ3n) is 14.4. The highest BCUT2D eigenvalue weighted by Gasteiger charge is 2.35. The van der Waals surface area contributed by atoms with Crippen LogP contribution in [-0.2, 0) is 5.41 Å². The van der Waals surface area contributed by atoms with Crippen molar-refractivity contribution < 1.29 is 0 Å². The number of anilines is 3. The van der Waals surface area contributed by atoms with Crippen molar-refractivity contribution in [2.24, 2.45) is 0 Å². The number of nitrogens with zero attached hydrogens (tertiary/aromatic N) is 2. The minimum absolute atomic E-state index is 0.123. The molecule has 2 nitrogen and oxygen atoms in total. The van der Waals surface area contributed by atoms with Gasteiger partial charge in [0, 0.05) is 38.8 Å². The Bertz CT molecular complexity index is 3880. The van der Waals surface area contributed by atoms with Crippen LogP contribution in [-0.4, -0.2) is 4.57 Å². The van der Waals surface area contributed by atoms with Crippen LogP contribution in [0, 0.1) is 0 Å². The highest BCUT2D eigenvalue weighted by atomic mass is 15.1. The molecule has 0 N–H and O–H groups in total. The molecule has 1 aliphatic rings. The molecule has 0 saturated carbocycles. The summed E-state index contributed by atoms with van der Waals surface area (Å²) in [6, 6.07) is 89.5. The Kier molecular flexibility index (Phi) is 8.91. The summed E-state index contributed by atoms with van der Waals surface area (Å²) in [6.45, 7) is 4.72. The van der Waals surface area contributed by atoms with Crippen molar-refractivity contribution in [3.63, 3.8) is 0 Å². The van der Waals surface area contributed by atoms with Gasteiger partial charge in [-0.25, -0.2) is 0 Å². The molecular formula is C65H46N2. The summed E-state index contributed by atoms with van der Waals surface area (Å²) in [5.41, 5.74) is 19.3. The number of hydrogen-bond donors (Lipinski definition) is 0. The Balaban J connectivity index is 0.930. The number of hydrogen-bond acceptors (Lipinski definition) is 1. The standard InChI is InChI=1S/C65H46N2/c1-65(2)60-23-10-7-20-56(60)57-39-37-52(42-61(57)65)66(50-33-28-45(29-34-50)54-22-13-17-44-15-5-6-18-53(44)54)51-35-30-46(31-36-51)55-19-8-11-24-62(55)67-63-25-12-9-21-58(63)59-38-32-49(41-64(59)67)48-27-26-43-14-3-4-16-47(43)40-48/h3-42H,1-2H3. The maximum Gasteiger partial charge on any atom is 0.0547 e. The van der Waals surface area contributed by atoms with Gasteiger partial charge in [-0.2, -0.15) is 0 Å². The number of fused-ring (bicyclic) bond motifs is 8. The molecule has 0 spiro atoms. The van der Waals surface area contributed by atoms with E-state index in [2.05, 4.69) is 266 Å². The second-order valence-corrected chi connectivity index (χ2v) is 18.5. The van der Waals surface area contributed by atoms with Crippen LogP contribution in [0.2, 0.25) is 0 Å². The Hall–Kier alpha value is -8.46. The molecule has 316 valence electrons. The van der Waals surface area contributed by atoms with Gasteiger partial charge in [0.05, 0.1) is 16.7 Å². The van der Waals surface area contributed by atoms with Crippen LogP contribution in [0.1, 0.15) is 25.0 Å². The van der Waals surface area contributed by atoms with Gasteiger partial charge in [-0.1, -0.05) is 196 Å². The summed E-state index contributed by atoms with van der Waals surface area (Å²) < 4.78 is 2.46. The lowest BCUT2D eigenvalue weighted by atomic mass is 9.82. The van der Waals surface area contributed by atoms with Crippen molar-refractivity contribution in [2.75, 3.05) is 4.90 Å². The van der Waals surface area contributed by atoms with Gasteiger partial charge >= 0.3 is 0 Å². The molecule has 13 rings (SSSR count). The molecule has 0 unspecified atom stereocenters. The predicted molar refractivity (Wildman–Crippen MR) is 284 cm³/mol. The molecule has 11 aromatic carbocycles. The lowest BCUT2D eigenvalue weighted by Crippen LogP contribution is -2.16. The Morgan fingerprint density at radius 2 is 0.851 bits per heavy atom. The second-order valence-electron chi connectivity index (χ2n) is 18.5. The van der Waals surface area contributed by atoms with Gasteiger partial charge in [-0.05, 0) is 132 Å². The fourth-order valence-corrected chi connectivity index (χ4v) is 11.0. The van der Waals surface area contributed by atoms with E-state index in [0.717, 1.165) is 28.3 Å². The molecular weight excluding hydrogens is 809 g/mol. The lowest BCUT2D eigenvalue weighted by Gasteiger charge is -2.28. The molecule has 0 radical (unpaired) electrons. The molecule has 2 heteroatoms. The van der Waals surface area contributed by atoms with Crippen LogP contribution in [0.3, 0.4) is 0 Å². The van der Waals surface area contributed by atoms with Crippen LogP contribution < -0.4 is 4.90 Å². The molecule has 0 amide bonds. The van der Waals surface area contributed by atoms with E-state index >= 15 is 0 Å². The van der Waals surface area contributed by atoms with E-state index in [9.17, 15) is 0 Å². The first-order valence-electron chi connectivity index (χ1n) is 23.3. The molecule has 0 bridgehead atoms. The quantitative estimate of drug-likeness (QED) is 0.155. The van der Waals surface area contributed by atoms with Crippen LogP contribution in [0.15, 0.2) is 243 Å². The third-order valence-corrected chi connectivity index (χ3v) is 14.4. The summed E-state index contributed by atoms with van der Waals surface area (Å²) in [4.78, 5) is 2.42. The van der Waals surface area contributed by atoms with Crippen LogP contribution in [0.4, 0.5) is 17.1 Å². The van der Waals surface area contributed by atoms with Gasteiger partial charge in [0.2, 0.25) is 0 Å². The van der Waals surface area contributed by atoms with E-state index < -0.39 is 0 Å². The topological polar surface area (TPSA) is 8.17 Å². The van der Waals surface area contributed by atoms with Crippen molar-refractivity contribution in [1.29, 1.82) is 0 Å². The normalized spacial score (nSPS) is 12.7. The zero-order chi connectivity index (χ0) is 44.6. The third kappa shape index (κ3) is 6.32. The Labute approximate surface area is 391 Å². The van der Waals surface area contributed by atoms with E-state index in [4.69, 9.17) is 0 Å². The van der Waals surface area contributed by atoms with Crippen molar-refractivity contribution >= 4 is 60.4 Å². The summed E-state index contributed by atoms with van der Waals surface area (Å²) in [7, 11) is 0. The highest BCUT2D eigenvalue weighted by Crippen LogP contribution is 2.51. The van der Waals surface area contributed by atoms with Gasteiger partial charge in [-0.15, -0.1) is 0 Å². The highest BCUT2D eigenvalue weighted by molar-refractivity contribution is 6.11. The first-order valence-corrected chi connectivity index (χ1v) is 23.3. The molecule has 1 aromatic heterocycles.